The van der Waals surface area contributed by atoms with Crippen molar-refractivity contribution in [1.82, 2.24) is 9.99 Å². The molecule has 2 rings (SSSR count). The third-order valence-electron chi connectivity index (χ3n) is 2.61. The summed E-state index contributed by atoms with van der Waals surface area (Å²) < 4.78 is 7.20. The highest BCUT2D eigenvalue weighted by Crippen LogP contribution is 2.16. The molecule has 18 heavy (non-hydrogen) atoms. The summed E-state index contributed by atoms with van der Waals surface area (Å²) in [5.41, 5.74) is 3.00. The molecule has 0 fully saturated rings. The summed E-state index contributed by atoms with van der Waals surface area (Å²) in [6.07, 6.45) is 1.78. The smallest absolute Gasteiger partial charge is 0.268 e. The average Bonchev–Trinajstić information content (AvgIpc) is 2.95. The Morgan fingerprint density at radius 2 is 2.44 bits per heavy atom. The van der Waals surface area contributed by atoms with Crippen molar-refractivity contribution < 1.29 is 9.21 Å². The number of carbonyl (C=O) groups is 1. The van der Waals surface area contributed by atoms with E-state index in [9.17, 15) is 4.79 Å². The molecule has 2 heterocycles. The van der Waals surface area contributed by atoms with Crippen LogP contribution < -0.4 is 11.3 Å². The van der Waals surface area contributed by atoms with E-state index >= 15 is 0 Å². The molecular weight excluding hydrogens is 232 g/mol. The monoisotopic (exact) mass is 244 g/mol. The standard InChI is InChI=1S/C12H12N4O2/c1-8-11(12(17)15-14)5-10(18-8)7-16-4-2-3-9(16)6-13/h2-5H,7,14H2,1H3,(H,15,17). The second-order valence-electron chi connectivity index (χ2n) is 3.79. The zero-order chi connectivity index (χ0) is 13.1. The van der Waals surface area contributed by atoms with E-state index in [0.717, 1.165) is 0 Å². The van der Waals surface area contributed by atoms with Gasteiger partial charge in [-0.25, -0.2) is 5.84 Å². The molecule has 2 aromatic heterocycles. The van der Waals surface area contributed by atoms with Crippen LogP contribution in [0.25, 0.3) is 0 Å². The molecule has 1 amide bonds. The minimum atomic E-state index is -0.393. The van der Waals surface area contributed by atoms with Crippen LogP contribution in [0.3, 0.4) is 0 Å². The number of aryl methyl sites for hydroxylation is 1. The van der Waals surface area contributed by atoms with Crippen molar-refractivity contribution in [2.24, 2.45) is 5.84 Å². The predicted molar refractivity (Wildman–Crippen MR) is 63.3 cm³/mol. The van der Waals surface area contributed by atoms with Crippen LogP contribution in [0, 0.1) is 18.3 Å². The molecule has 0 bridgehead atoms. The van der Waals surface area contributed by atoms with Gasteiger partial charge in [0.15, 0.2) is 0 Å². The Hall–Kier alpha value is -2.52. The van der Waals surface area contributed by atoms with E-state index in [0.29, 0.717) is 29.3 Å². The fraction of sp³-hybridized carbons (Fsp3) is 0.167. The van der Waals surface area contributed by atoms with E-state index in [1.165, 1.54) is 0 Å². The van der Waals surface area contributed by atoms with Crippen LogP contribution in [0.2, 0.25) is 0 Å². The van der Waals surface area contributed by atoms with Crippen LogP contribution in [0.4, 0.5) is 0 Å². The van der Waals surface area contributed by atoms with E-state index < -0.39 is 5.91 Å². The summed E-state index contributed by atoms with van der Waals surface area (Å²) in [4.78, 5) is 11.4. The topological polar surface area (TPSA) is 97.0 Å². The van der Waals surface area contributed by atoms with Crippen LogP contribution >= 0.6 is 0 Å². The minimum absolute atomic E-state index is 0.393. The van der Waals surface area contributed by atoms with Crippen molar-refractivity contribution in [3.63, 3.8) is 0 Å². The first-order valence-electron chi connectivity index (χ1n) is 5.31. The number of hydrazine groups is 1. The highest BCUT2D eigenvalue weighted by atomic mass is 16.3. The van der Waals surface area contributed by atoms with E-state index in [1.54, 1.807) is 35.9 Å². The van der Waals surface area contributed by atoms with Crippen molar-refractivity contribution in [1.29, 1.82) is 5.26 Å². The van der Waals surface area contributed by atoms with Crippen molar-refractivity contribution in [3.8, 4) is 6.07 Å². The van der Waals surface area contributed by atoms with Gasteiger partial charge in [-0.2, -0.15) is 5.26 Å². The molecule has 6 heteroatoms. The van der Waals surface area contributed by atoms with Gasteiger partial charge in [0.05, 0.1) is 12.1 Å². The maximum atomic E-state index is 11.4. The lowest BCUT2D eigenvalue weighted by atomic mass is 10.2. The van der Waals surface area contributed by atoms with E-state index in [1.807, 2.05) is 0 Å². The molecule has 0 saturated carbocycles. The normalized spacial score (nSPS) is 10.1. The van der Waals surface area contributed by atoms with Crippen LogP contribution in [-0.4, -0.2) is 10.5 Å². The average molecular weight is 244 g/mol. The molecular formula is C12H12N4O2. The number of furan rings is 1. The largest absolute Gasteiger partial charge is 0.464 e. The van der Waals surface area contributed by atoms with Gasteiger partial charge < -0.3 is 8.98 Å². The molecule has 2 aromatic rings. The number of nitrogens with two attached hydrogens (primary N) is 1. The zero-order valence-electron chi connectivity index (χ0n) is 9.80. The van der Waals surface area contributed by atoms with Crippen molar-refractivity contribution >= 4 is 5.91 Å². The Labute approximate surface area is 104 Å². The summed E-state index contributed by atoms with van der Waals surface area (Å²) in [6, 6.07) is 7.19. The molecule has 0 aliphatic carbocycles. The number of carbonyl (C=O) groups excluding carboxylic acids is 1. The van der Waals surface area contributed by atoms with Gasteiger partial charge in [0.2, 0.25) is 0 Å². The molecule has 0 saturated heterocycles. The lowest BCUT2D eigenvalue weighted by Crippen LogP contribution is -2.30. The lowest BCUT2D eigenvalue weighted by Gasteiger charge is -2.00. The predicted octanol–water partition coefficient (Wildman–Crippen LogP) is 0.913. The fourth-order valence-electron chi connectivity index (χ4n) is 1.75. The number of nitrogens with zero attached hydrogens (tertiary/aromatic N) is 2. The van der Waals surface area contributed by atoms with E-state index in [2.05, 4.69) is 11.5 Å². The summed E-state index contributed by atoms with van der Waals surface area (Å²) in [6.45, 7) is 2.09. The number of nitrogens with one attached hydrogen (secondary N) is 1. The number of aromatic nitrogens is 1. The fourth-order valence-corrected chi connectivity index (χ4v) is 1.75. The Morgan fingerprint density at radius 3 is 3.11 bits per heavy atom. The van der Waals surface area contributed by atoms with Crippen molar-refractivity contribution in [2.45, 2.75) is 13.5 Å². The van der Waals surface area contributed by atoms with E-state index in [-0.39, 0.29) is 0 Å². The van der Waals surface area contributed by atoms with Crippen LogP contribution in [0.15, 0.2) is 28.8 Å². The third kappa shape index (κ3) is 2.12. The number of hydrogen-bond acceptors (Lipinski definition) is 4. The van der Waals surface area contributed by atoms with Gasteiger partial charge in [0, 0.05) is 6.20 Å². The summed E-state index contributed by atoms with van der Waals surface area (Å²) in [5, 5.41) is 8.89. The molecule has 0 atom stereocenters. The van der Waals surface area contributed by atoms with E-state index in [4.69, 9.17) is 15.5 Å². The molecule has 6 nitrogen and oxygen atoms in total. The number of nitriles is 1. The Kier molecular flexibility index (Phi) is 3.17. The number of nitrogen functional groups attached to an aromatic ring is 1. The number of amides is 1. The highest BCUT2D eigenvalue weighted by molar-refractivity contribution is 5.94. The number of hydrogen-bond donors (Lipinski definition) is 2. The van der Waals surface area contributed by atoms with Crippen LogP contribution in [0.1, 0.15) is 27.6 Å². The second kappa shape index (κ2) is 4.77. The molecule has 3 N–H and O–H groups in total. The lowest BCUT2D eigenvalue weighted by molar-refractivity contribution is 0.0952. The van der Waals surface area contributed by atoms with Gasteiger partial charge in [-0.15, -0.1) is 0 Å². The van der Waals surface area contributed by atoms with Crippen LogP contribution in [-0.2, 0) is 6.54 Å². The minimum Gasteiger partial charge on any atom is -0.464 e. The van der Waals surface area contributed by atoms with Gasteiger partial charge in [-0.3, -0.25) is 10.2 Å². The van der Waals surface area contributed by atoms with Gasteiger partial charge in [0.25, 0.3) is 5.91 Å². The molecule has 0 aliphatic heterocycles. The van der Waals surface area contributed by atoms with Gasteiger partial charge in [0.1, 0.15) is 23.3 Å². The van der Waals surface area contributed by atoms with Crippen molar-refractivity contribution in [3.05, 3.63) is 47.2 Å². The Balaban J connectivity index is 2.26. The van der Waals surface area contributed by atoms with Gasteiger partial charge >= 0.3 is 0 Å². The first kappa shape index (κ1) is 12.0. The molecule has 0 unspecified atom stereocenters. The molecule has 0 spiro atoms. The van der Waals surface area contributed by atoms with Crippen LogP contribution in [0.5, 0.6) is 0 Å². The Bertz CT molecular complexity index is 618. The first-order valence-corrected chi connectivity index (χ1v) is 5.31. The van der Waals surface area contributed by atoms with Crippen molar-refractivity contribution in [2.75, 3.05) is 0 Å². The highest BCUT2D eigenvalue weighted by Gasteiger charge is 2.14. The maximum absolute atomic E-state index is 11.4. The van der Waals surface area contributed by atoms with Gasteiger partial charge in [-0.05, 0) is 25.1 Å². The molecule has 92 valence electrons. The molecule has 0 aliphatic rings. The summed E-state index contributed by atoms with van der Waals surface area (Å²) >= 11 is 0. The maximum Gasteiger partial charge on any atom is 0.268 e. The second-order valence-corrected chi connectivity index (χ2v) is 3.79. The summed E-state index contributed by atoms with van der Waals surface area (Å²) in [7, 11) is 0. The molecule has 0 aromatic carbocycles. The molecule has 0 radical (unpaired) electrons. The first-order chi connectivity index (χ1) is 8.65. The van der Waals surface area contributed by atoms with Gasteiger partial charge in [-0.1, -0.05) is 0 Å². The Morgan fingerprint density at radius 1 is 1.67 bits per heavy atom. The quantitative estimate of drug-likeness (QED) is 0.476. The summed E-state index contributed by atoms with van der Waals surface area (Å²) in [5.74, 6) is 5.78. The number of rotatable bonds is 3. The third-order valence-corrected chi connectivity index (χ3v) is 2.61. The SMILES string of the molecule is Cc1oc(Cn2cccc2C#N)cc1C(=O)NN. The zero-order valence-corrected chi connectivity index (χ0v) is 9.80.